The van der Waals surface area contributed by atoms with Gasteiger partial charge in [0, 0.05) is 29.4 Å². The number of rotatable bonds is 2. The van der Waals surface area contributed by atoms with Gasteiger partial charge in [-0.15, -0.1) is 11.3 Å². The number of amides is 2. The Morgan fingerprint density at radius 1 is 1.48 bits per heavy atom. The standard InChI is InChI=1S/C19H16FN5OS/c1-11-7-16-14(18(24-23-16)17-3-2-6-27-17)10-25(11)19(26)22-13-4-5-15(20)12(8-13)9-21/h2-6,8,11H,7,10H2,1H3,(H,22,26)(H,23,24)/t11-/m1/s1. The van der Waals surface area contributed by atoms with Crippen LogP contribution in [-0.2, 0) is 13.0 Å². The summed E-state index contributed by atoms with van der Waals surface area (Å²) >= 11 is 1.60. The van der Waals surface area contributed by atoms with Crippen molar-refractivity contribution in [3.63, 3.8) is 0 Å². The number of hydrogen-bond acceptors (Lipinski definition) is 4. The number of aromatic nitrogens is 2. The van der Waals surface area contributed by atoms with Crippen molar-refractivity contribution in [2.75, 3.05) is 5.32 Å². The van der Waals surface area contributed by atoms with Gasteiger partial charge in [-0.2, -0.15) is 10.4 Å². The summed E-state index contributed by atoms with van der Waals surface area (Å²) in [4.78, 5) is 15.6. The van der Waals surface area contributed by atoms with Crippen molar-refractivity contribution in [3.8, 4) is 16.6 Å². The van der Waals surface area contributed by atoms with Crippen LogP contribution in [0.15, 0.2) is 35.7 Å². The van der Waals surface area contributed by atoms with E-state index in [4.69, 9.17) is 5.26 Å². The predicted molar refractivity (Wildman–Crippen MR) is 101 cm³/mol. The molecule has 2 amide bonds. The van der Waals surface area contributed by atoms with Crippen molar-refractivity contribution in [1.82, 2.24) is 15.1 Å². The molecular weight excluding hydrogens is 365 g/mol. The predicted octanol–water partition coefficient (Wildman–Crippen LogP) is 4.13. The number of hydrogen-bond donors (Lipinski definition) is 2. The van der Waals surface area contributed by atoms with E-state index in [1.807, 2.05) is 24.4 Å². The summed E-state index contributed by atoms with van der Waals surface area (Å²) in [6.07, 6.45) is 0.675. The third-order valence-corrected chi connectivity index (χ3v) is 5.54. The lowest BCUT2D eigenvalue weighted by molar-refractivity contribution is 0.182. The number of nitrogens with zero attached hydrogens (tertiary/aromatic N) is 3. The van der Waals surface area contributed by atoms with E-state index < -0.39 is 5.82 Å². The molecule has 0 saturated heterocycles. The molecule has 0 aliphatic carbocycles. The molecule has 3 aromatic rings. The van der Waals surface area contributed by atoms with Gasteiger partial charge < -0.3 is 10.2 Å². The summed E-state index contributed by atoms with van der Waals surface area (Å²) in [6, 6.07) is 9.40. The van der Waals surface area contributed by atoms with Crippen LogP contribution in [0.1, 0.15) is 23.7 Å². The van der Waals surface area contributed by atoms with E-state index in [0.29, 0.717) is 18.7 Å². The van der Waals surface area contributed by atoms with Crippen molar-refractivity contribution in [2.24, 2.45) is 0 Å². The first kappa shape index (κ1) is 17.2. The van der Waals surface area contributed by atoms with Crippen LogP contribution in [0.3, 0.4) is 0 Å². The number of benzene rings is 1. The number of halogens is 1. The Hall–Kier alpha value is -3.18. The molecule has 2 aromatic heterocycles. The smallest absolute Gasteiger partial charge is 0.317 e. The van der Waals surface area contributed by atoms with Crippen LogP contribution in [0.2, 0.25) is 0 Å². The number of carbonyl (C=O) groups is 1. The van der Waals surface area contributed by atoms with E-state index in [2.05, 4.69) is 15.5 Å². The number of fused-ring (bicyclic) bond motifs is 1. The fourth-order valence-corrected chi connectivity index (χ4v) is 3.99. The first-order chi connectivity index (χ1) is 13.1. The zero-order valence-corrected chi connectivity index (χ0v) is 15.3. The zero-order chi connectivity index (χ0) is 19.0. The summed E-state index contributed by atoms with van der Waals surface area (Å²) in [5.74, 6) is -0.606. The number of aromatic amines is 1. The lowest BCUT2D eigenvalue weighted by atomic mass is 9.99. The Kier molecular flexibility index (Phi) is 4.38. The van der Waals surface area contributed by atoms with Crippen LogP contribution in [0.4, 0.5) is 14.9 Å². The van der Waals surface area contributed by atoms with Crippen molar-refractivity contribution < 1.29 is 9.18 Å². The van der Waals surface area contributed by atoms with Gasteiger partial charge in [-0.3, -0.25) is 5.10 Å². The molecule has 1 aliphatic rings. The minimum atomic E-state index is -0.606. The third-order valence-electron chi connectivity index (χ3n) is 4.67. The van der Waals surface area contributed by atoms with Gasteiger partial charge in [0.25, 0.3) is 0 Å². The Labute approximate surface area is 159 Å². The van der Waals surface area contributed by atoms with Crippen LogP contribution < -0.4 is 5.32 Å². The molecule has 1 aromatic carbocycles. The van der Waals surface area contributed by atoms with E-state index in [1.54, 1.807) is 22.3 Å². The second-order valence-corrected chi connectivity index (χ2v) is 7.37. The van der Waals surface area contributed by atoms with Gasteiger partial charge >= 0.3 is 6.03 Å². The van der Waals surface area contributed by atoms with E-state index in [0.717, 1.165) is 21.8 Å². The number of carbonyl (C=O) groups excluding carboxylic acids is 1. The van der Waals surface area contributed by atoms with Gasteiger partial charge in [0.1, 0.15) is 17.6 Å². The fraction of sp³-hybridized carbons (Fsp3) is 0.211. The Morgan fingerprint density at radius 3 is 3.07 bits per heavy atom. The van der Waals surface area contributed by atoms with Crippen molar-refractivity contribution in [3.05, 3.63) is 58.3 Å². The second-order valence-electron chi connectivity index (χ2n) is 6.42. The molecule has 4 rings (SSSR count). The number of nitrogens with one attached hydrogen (secondary N) is 2. The van der Waals surface area contributed by atoms with Crippen LogP contribution in [-0.4, -0.2) is 27.2 Å². The molecule has 136 valence electrons. The van der Waals surface area contributed by atoms with E-state index in [-0.39, 0.29) is 17.6 Å². The third kappa shape index (κ3) is 3.17. The largest absolute Gasteiger partial charge is 0.322 e. The molecule has 1 aliphatic heterocycles. The molecule has 6 nitrogen and oxygen atoms in total. The lowest BCUT2D eigenvalue weighted by Gasteiger charge is -2.33. The molecule has 2 N–H and O–H groups in total. The number of urea groups is 1. The van der Waals surface area contributed by atoms with Gasteiger partial charge in [0.05, 0.1) is 17.0 Å². The molecule has 0 unspecified atom stereocenters. The van der Waals surface area contributed by atoms with Crippen molar-refractivity contribution in [2.45, 2.75) is 25.9 Å². The second kappa shape index (κ2) is 6.85. The highest BCUT2D eigenvalue weighted by Gasteiger charge is 2.31. The molecule has 0 radical (unpaired) electrons. The SMILES string of the molecule is C[C@@H]1Cc2[nH]nc(-c3cccs3)c2CN1C(=O)Nc1ccc(F)c(C#N)c1. The highest BCUT2D eigenvalue weighted by atomic mass is 32.1. The molecule has 0 fully saturated rings. The van der Waals surface area contributed by atoms with E-state index in [9.17, 15) is 9.18 Å². The normalized spacial score (nSPS) is 15.9. The maximum atomic E-state index is 13.5. The highest BCUT2D eigenvalue weighted by Crippen LogP contribution is 2.33. The van der Waals surface area contributed by atoms with Crippen LogP contribution in [0, 0.1) is 17.1 Å². The summed E-state index contributed by atoms with van der Waals surface area (Å²) in [7, 11) is 0. The molecular formula is C19H16FN5OS. The molecule has 1 atom stereocenters. The van der Waals surface area contributed by atoms with Gasteiger partial charge in [0.2, 0.25) is 0 Å². The molecule has 8 heteroatoms. The first-order valence-corrected chi connectivity index (χ1v) is 9.32. The maximum Gasteiger partial charge on any atom is 0.322 e. The molecule has 0 saturated carbocycles. The minimum Gasteiger partial charge on any atom is -0.317 e. The van der Waals surface area contributed by atoms with Crippen LogP contribution in [0.5, 0.6) is 0 Å². The molecule has 0 bridgehead atoms. The monoisotopic (exact) mass is 381 g/mol. The average molecular weight is 381 g/mol. The van der Waals surface area contributed by atoms with Crippen molar-refractivity contribution in [1.29, 1.82) is 5.26 Å². The number of H-pyrrole nitrogens is 1. The number of anilines is 1. The minimum absolute atomic E-state index is 0.0231. The zero-order valence-electron chi connectivity index (χ0n) is 14.5. The quantitative estimate of drug-likeness (QED) is 0.700. The number of nitriles is 1. The van der Waals surface area contributed by atoms with Gasteiger partial charge in [0.15, 0.2) is 0 Å². The Morgan fingerprint density at radius 2 is 2.33 bits per heavy atom. The van der Waals surface area contributed by atoms with E-state index >= 15 is 0 Å². The molecule has 3 heterocycles. The lowest BCUT2D eigenvalue weighted by Crippen LogP contribution is -2.44. The van der Waals surface area contributed by atoms with Gasteiger partial charge in [-0.05, 0) is 36.6 Å². The summed E-state index contributed by atoms with van der Waals surface area (Å²) in [5.41, 5.74) is 3.22. The number of thiophene rings is 1. The van der Waals surface area contributed by atoms with Crippen LogP contribution in [0.25, 0.3) is 10.6 Å². The molecule has 27 heavy (non-hydrogen) atoms. The van der Waals surface area contributed by atoms with Crippen molar-refractivity contribution >= 4 is 23.1 Å². The summed E-state index contributed by atoms with van der Waals surface area (Å²) in [6.45, 7) is 2.40. The van der Waals surface area contributed by atoms with Gasteiger partial charge in [-0.25, -0.2) is 9.18 Å². The summed E-state index contributed by atoms with van der Waals surface area (Å²) < 4.78 is 13.5. The van der Waals surface area contributed by atoms with Gasteiger partial charge in [-0.1, -0.05) is 6.07 Å². The maximum absolute atomic E-state index is 13.5. The van der Waals surface area contributed by atoms with E-state index in [1.165, 1.54) is 18.2 Å². The van der Waals surface area contributed by atoms with Crippen LogP contribution >= 0.6 is 11.3 Å². The Balaban J connectivity index is 1.57. The molecule has 0 spiro atoms. The fourth-order valence-electron chi connectivity index (χ4n) is 3.25. The first-order valence-electron chi connectivity index (χ1n) is 8.44. The average Bonchev–Trinajstić information content (AvgIpc) is 3.31. The Bertz CT molecular complexity index is 1040. The highest BCUT2D eigenvalue weighted by molar-refractivity contribution is 7.13. The topological polar surface area (TPSA) is 84.8 Å². The summed E-state index contributed by atoms with van der Waals surface area (Å²) in [5, 5.41) is 21.2.